The maximum atomic E-state index is 9.97. The smallest absolute Gasteiger partial charge is 0.211 e. The quantitative estimate of drug-likeness (QED) is 0.181. The minimum absolute atomic E-state index is 0.548. The summed E-state index contributed by atoms with van der Waals surface area (Å²) in [6.45, 7) is 7.92. The van der Waals surface area contributed by atoms with Crippen LogP contribution in [0.25, 0.3) is 82.1 Å². The lowest BCUT2D eigenvalue weighted by Crippen LogP contribution is -1.98. The van der Waals surface area contributed by atoms with Crippen LogP contribution in [0.2, 0.25) is 0 Å². The van der Waals surface area contributed by atoms with Crippen LogP contribution in [0.4, 0.5) is 5.69 Å². The van der Waals surface area contributed by atoms with Gasteiger partial charge < -0.3 is 9.13 Å². The van der Waals surface area contributed by atoms with Crippen LogP contribution in [-0.2, 0) is 0 Å². The molecule has 0 radical (unpaired) electrons. The molecule has 2 heterocycles. The van der Waals surface area contributed by atoms with Crippen molar-refractivity contribution < 1.29 is 0 Å². The van der Waals surface area contributed by atoms with Crippen molar-refractivity contribution in [2.75, 3.05) is 0 Å². The molecular formula is C45H25N5. The zero-order valence-corrected chi connectivity index (χ0v) is 26.7. The van der Waals surface area contributed by atoms with Crippen LogP contribution in [0.15, 0.2) is 152 Å². The molecule has 0 aliphatic rings. The van der Waals surface area contributed by atoms with E-state index < -0.39 is 0 Å². The molecule has 0 unspecified atom stereocenters. The average molecular weight is 636 g/mol. The Bertz CT molecular complexity index is 2900. The molecule has 9 rings (SSSR count). The number of hydrogen-bond donors (Lipinski definition) is 0. The van der Waals surface area contributed by atoms with Crippen LogP contribution in [0.3, 0.4) is 0 Å². The van der Waals surface area contributed by atoms with Gasteiger partial charge in [-0.05, 0) is 82.7 Å². The van der Waals surface area contributed by atoms with Crippen LogP contribution >= 0.6 is 0 Å². The molecule has 0 aliphatic carbocycles. The van der Waals surface area contributed by atoms with Gasteiger partial charge in [-0.2, -0.15) is 10.5 Å². The molecule has 2 aromatic heterocycles. The zero-order valence-electron chi connectivity index (χ0n) is 26.7. The van der Waals surface area contributed by atoms with Crippen molar-refractivity contribution in [1.82, 2.24) is 9.13 Å². The summed E-state index contributed by atoms with van der Waals surface area (Å²) in [5.74, 6) is 0. The van der Waals surface area contributed by atoms with Crippen molar-refractivity contribution in [2.24, 2.45) is 0 Å². The Morgan fingerprint density at radius 3 is 1.82 bits per heavy atom. The second-order valence-electron chi connectivity index (χ2n) is 12.3. The number of para-hydroxylation sites is 4. The molecule has 50 heavy (non-hydrogen) atoms. The van der Waals surface area contributed by atoms with Gasteiger partial charge in [-0.3, -0.25) is 0 Å². The molecule has 230 valence electrons. The first-order valence-electron chi connectivity index (χ1n) is 16.3. The number of aromatic nitrogens is 2. The standard InChI is InChI=1S/C45H25N5/c1-48-40-13-8-12-37-39-26-30(28-47)18-24-44(39)49(45(37)40)32-21-19-31(20-22-32)38-25-29(27-46)17-23-33(38)34-9-2-5-14-41(34)50-42-15-6-3-10-35(42)36-11-4-7-16-43(36)50/h2-26H. The van der Waals surface area contributed by atoms with E-state index >= 15 is 0 Å². The third-order valence-electron chi connectivity index (χ3n) is 9.62. The lowest BCUT2D eigenvalue weighted by atomic mass is 9.92. The topological polar surface area (TPSA) is 61.8 Å². The van der Waals surface area contributed by atoms with E-state index in [1.165, 1.54) is 10.8 Å². The van der Waals surface area contributed by atoms with E-state index in [-0.39, 0.29) is 0 Å². The fourth-order valence-corrected chi connectivity index (χ4v) is 7.43. The first-order valence-corrected chi connectivity index (χ1v) is 16.3. The normalized spacial score (nSPS) is 11.1. The van der Waals surface area contributed by atoms with Crippen LogP contribution in [-0.4, -0.2) is 9.13 Å². The summed E-state index contributed by atoms with van der Waals surface area (Å²) in [4.78, 5) is 3.85. The maximum absolute atomic E-state index is 9.97. The fraction of sp³-hybridized carbons (Fsp3) is 0. The first kappa shape index (κ1) is 28.8. The molecule has 0 saturated heterocycles. The van der Waals surface area contributed by atoms with Gasteiger partial charge in [0.2, 0.25) is 5.69 Å². The van der Waals surface area contributed by atoms with Crippen molar-refractivity contribution in [1.29, 1.82) is 10.5 Å². The average Bonchev–Trinajstić information content (AvgIpc) is 3.70. The van der Waals surface area contributed by atoms with Crippen molar-refractivity contribution in [3.8, 4) is 45.8 Å². The minimum Gasteiger partial charge on any atom is -0.319 e. The molecule has 7 aromatic carbocycles. The largest absolute Gasteiger partial charge is 0.319 e. The van der Waals surface area contributed by atoms with E-state index in [9.17, 15) is 10.5 Å². The summed E-state index contributed by atoms with van der Waals surface area (Å²) < 4.78 is 4.44. The van der Waals surface area contributed by atoms with Crippen LogP contribution < -0.4 is 0 Å². The number of rotatable bonds is 4. The summed E-state index contributed by atoms with van der Waals surface area (Å²) in [6.07, 6.45) is 0. The van der Waals surface area contributed by atoms with Crippen molar-refractivity contribution in [3.05, 3.63) is 174 Å². The predicted molar refractivity (Wildman–Crippen MR) is 202 cm³/mol. The van der Waals surface area contributed by atoms with E-state index in [0.717, 1.165) is 66.5 Å². The first-order chi connectivity index (χ1) is 24.7. The Balaban J connectivity index is 1.24. The molecule has 9 aromatic rings. The second kappa shape index (κ2) is 11.4. The lowest BCUT2D eigenvalue weighted by Gasteiger charge is -2.17. The van der Waals surface area contributed by atoms with E-state index in [1.54, 1.807) is 0 Å². The van der Waals surface area contributed by atoms with Gasteiger partial charge in [0.15, 0.2) is 0 Å². The summed E-state index contributed by atoms with van der Waals surface area (Å²) in [5.41, 5.74) is 11.7. The van der Waals surface area contributed by atoms with Gasteiger partial charge in [-0.1, -0.05) is 91.0 Å². The highest BCUT2D eigenvalue weighted by atomic mass is 15.0. The molecule has 0 aliphatic heterocycles. The number of benzene rings is 7. The molecule has 0 fully saturated rings. The molecule has 0 bridgehead atoms. The summed E-state index contributed by atoms with van der Waals surface area (Å²) >= 11 is 0. The Morgan fingerprint density at radius 1 is 0.480 bits per heavy atom. The molecule has 5 nitrogen and oxygen atoms in total. The Morgan fingerprint density at radius 2 is 1.10 bits per heavy atom. The van der Waals surface area contributed by atoms with Gasteiger partial charge >= 0.3 is 0 Å². The van der Waals surface area contributed by atoms with Gasteiger partial charge in [-0.25, -0.2) is 4.85 Å². The third-order valence-corrected chi connectivity index (χ3v) is 9.62. The number of fused-ring (bicyclic) bond motifs is 6. The monoisotopic (exact) mass is 635 g/mol. The van der Waals surface area contributed by atoms with Crippen molar-refractivity contribution in [3.63, 3.8) is 0 Å². The molecule has 0 amide bonds. The number of nitrogens with zero attached hydrogens (tertiary/aromatic N) is 5. The number of hydrogen-bond acceptors (Lipinski definition) is 2. The van der Waals surface area contributed by atoms with Crippen molar-refractivity contribution in [2.45, 2.75) is 0 Å². The zero-order chi connectivity index (χ0) is 33.8. The van der Waals surface area contributed by atoms with Gasteiger partial charge in [0.05, 0.1) is 57.6 Å². The summed E-state index contributed by atoms with van der Waals surface area (Å²) in [6, 6.07) is 55.6. The highest BCUT2D eigenvalue weighted by Gasteiger charge is 2.19. The van der Waals surface area contributed by atoms with Gasteiger partial charge in [0.25, 0.3) is 0 Å². The lowest BCUT2D eigenvalue weighted by molar-refractivity contribution is 1.18. The maximum Gasteiger partial charge on any atom is 0.211 e. The highest BCUT2D eigenvalue weighted by molar-refractivity contribution is 6.14. The van der Waals surface area contributed by atoms with Gasteiger partial charge in [0, 0.05) is 27.4 Å². The van der Waals surface area contributed by atoms with Crippen LogP contribution in [0.5, 0.6) is 0 Å². The minimum atomic E-state index is 0.548. The molecule has 0 N–H and O–H groups in total. The van der Waals surface area contributed by atoms with Gasteiger partial charge in [-0.15, -0.1) is 0 Å². The highest BCUT2D eigenvalue weighted by Crippen LogP contribution is 2.41. The Hall–Kier alpha value is -7.39. The van der Waals surface area contributed by atoms with Crippen LogP contribution in [0, 0.1) is 29.2 Å². The fourth-order valence-electron chi connectivity index (χ4n) is 7.43. The molecule has 0 spiro atoms. The summed E-state index contributed by atoms with van der Waals surface area (Å²) in [7, 11) is 0. The van der Waals surface area contributed by atoms with E-state index in [4.69, 9.17) is 6.57 Å². The van der Waals surface area contributed by atoms with E-state index in [1.807, 2.05) is 48.5 Å². The van der Waals surface area contributed by atoms with E-state index in [2.05, 4.69) is 129 Å². The van der Waals surface area contributed by atoms with Crippen LogP contribution in [0.1, 0.15) is 11.1 Å². The second-order valence-corrected chi connectivity index (χ2v) is 12.3. The number of nitriles is 2. The Kier molecular flexibility index (Phi) is 6.56. The predicted octanol–water partition coefficient (Wildman–Crippen LogP) is 11.5. The molecule has 0 saturated carbocycles. The molecular weight excluding hydrogens is 611 g/mol. The Labute approximate surface area is 288 Å². The third kappa shape index (κ3) is 4.31. The van der Waals surface area contributed by atoms with Gasteiger partial charge in [0.1, 0.15) is 0 Å². The van der Waals surface area contributed by atoms with Crippen molar-refractivity contribution >= 4 is 49.3 Å². The summed E-state index contributed by atoms with van der Waals surface area (Å²) in [5, 5.41) is 23.8. The van der Waals surface area contributed by atoms with E-state index in [0.29, 0.717) is 16.8 Å². The molecule has 0 atom stereocenters. The molecule has 5 heteroatoms. The SMILES string of the molecule is [C-]#[N+]c1cccc2c3cc(C#N)ccc3n(-c3ccc(-c4cc(C#N)ccc4-c4ccccc4-n4c5ccccc5c5ccccc54)cc3)c12.